The van der Waals surface area contributed by atoms with E-state index in [2.05, 4.69) is 25.4 Å². The van der Waals surface area contributed by atoms with E-state index in [4.69, 9.17) is 4.42 Å². The van der Waals surface area contributed by atoms with Gasteiger partial charge in [0.15, 0.2) is 5.96 Å². The minimum Gasteiger partial charge on any atom is -0.469 e. The van der Waals surface area contributed by atoms with Gasteiger partial charge in [-0.3, -0.25) is 14.6 Å². The third-order valence-corrected chi connectivity index (χ3v) is 5.01. The molecule has 2 N–H and O–H groups in total. The van der Waals surface area contributed by atoms with Gasteiger partial charge in [0.2, 0.25) is 5.91 Å². The lowest BCUT2D eigenvalue weighted by Gasteiger charge is -2.47. The number of likely N-dealkylation sites (N-methyl/N-ethyl adjacent to an activating group) is 1. The molecule has 0 saturated carbocycles. The molecule has 3 aliphatic rings. The number of carbonyl (C=O) groups is 1. The molecule has 2 bridgehead atoms. The Morgan fingerprint density at radius 2 is 2.07 bits per heavy atom. The van der Waals surface area contributed by atoms with E-state index in [1.807, 2.05) is 12.1 Å². The molecule has 1 unspecified atom stereocenters. The molecule has 8 nitrogen and oxygen atoms in total. The summed E-state index contributed by atoms with van der Waals surface area (Å²) in [4.78, 5) is 22.9. The van der Waals surface area contributed by atoms with Crippen LogP contribution >= 0.6 is 24.0 Å². The van der Waals surface area contributed by atoms with Crippen LogP contribution in [-0.4, -0.2) is 99.1 Å². The van der Waals surface area contributed by atoms with Gasteiger partial charge in [-0.05, 0) is 12.1 Å². The number of amides is 1. The van der Waals surface area contributed by atoms with Crippen LogP contribution in [0.1, 0.15) is 5.76 Å². The first-order valence-electron chi connectivity index (χ1n) is 9.33. The Morgan fingerprint density at radius 1 is 1.30 bits per heavy atom. The summed E-state index contributed by atoms with van der Waals surface area (Å²) in [6.07, 6.45) is 2.46. The van der Waals surface area contributed by atoms with Crippen LogP contribution in [0.5, 0.6) is 0 Å². The van der Waals surface area contributed by atoms with Gasteiger partial charge in [-0.2, -0.15) is 0 Å². The van der Waals surface area contributed by atoms with Crippen LogP contribution in [0.4, 0.5) is 0 Å². The minimum atomic E-state index is -0.0104. The van der Waals surface area contributed by atoms with Gasteiger partial charge in [0.05, 0.1) is 6.26 Å². The Labute approximate surface area is 178 Å². The molecule has 9 heteroatoms. The minimum absolute atomic E-state index is 0. The molecule has 0 radical (unpaired) electrons. The maximum Gasteiger partial charge on any atom is 0.243 e. The highest BCUT2D eigenvalue weighted by Gasteiger charge is 2.31. The van der Waals surface area contributed by atoms with Gasteiger partial charge < -0.3 is 20.0 Å². The number of piperazine rings is 3. The van der Waals surface area contributed by atoms with Gasteiger partial charge in [0.25, 0.3) is 0 Å². The fourth-order valence-electron chi connectivity index (χ4n) is 3.35. The van der Waals surface area contributed by atoms with Crippen LogP contribution in [-0.2, 0) is 11.2 Å². The Kier molecular flexibility index (Phi) is 8.84. The van der Waals surface area contributed by atoms with Crippen LogP contribution < -0.4 is 10.6 Å². The number of fused-ring (bicyclic) bond motifs is 3. The second kappa shape index (κ2) is 10.9. The number of halogens is 1. The first-order valence-corrected chi connectivity index (χ1v) is 9.33. The van der Waals surface area contributed by atoms with Gasteiger partial charge in [-0.25, -0.2) is 4.99 Å². The summed E-state index contributed by atoms with van der Waals surface area (Å²) in [7, 11) is 3.49. The monoisotopic (exact) mass is 490 g/mol. The number of rotatable bonds is 7. The third kappa shape index (κ3) is 6.65. The van der Waals surface area contributed by atoms with E-state index < -0.39 is 0 Å². The second-order valence-electron chi connectivity index (χ2n) is 7.08. The van der Waals surface area contributed by atoms with E-state index in [1.165, 1.54) is 13.1 Å². The summed E-state index contributed by atoms with van der Waals surface area (Å²) in [5.74, 6) is 1.61. The lowest BCUT2D eigenvalue weighted by Crippen LogP contribution is -2.63. The summed E-state index contributed by atoms with van der Waals surface area (Å²) < 4.78 is 5.36. The maximum atomic E-state index is 11.9. The molecule has 0 aromatic carbocycles. The molecule has 1 atom stereocenters. The van der Waals surface area contributed by atoms with Crippen molar-refractivity contribution in [3.8, 4) is 0 Å². The summed E-state index contributed by atoms with van der Waals surface area (Å²) >= 11 is 0. The molecule has 1 aromatic heterocycles. The first kappa shape index (κ1) is 22.0. The van der Waals surface area contributed by atoms with Crippen molar-refractivity contribution in [2.75, 3.05) is 66.5 Å². The zero-order valence-corrected chi connectivity index (χ0v) is 18.5. The molecular formula is C18H31IN6O2. The smallest absolute Gasteiger partial charge is 0.243 e. The maximum absolute atomic E-state index is 11.9. The van der Waals surface area contributed by atoms with E-state index in [9.17, 15) is 4.79 Å². The van der Waals surface area contributed by atoms with Crippen molar-refractivity contribution in [2.24, 2.45) is 4.99 Å². The Balaban J connectivity index is 0.00000261. The van der Waals surface area contributed by atoms with Crippen molar-refractivity contribution in [1.29, 1.82) is 0 Å². The van der Waals surface area contributed by atoms with Gasteiger partial charge in [0, 0.05) is 72.4 Å². The topological polar surface area (TPSA) is 76.3 Å². The van der Waals surface area contributed by atoms with E-state index >= 15 is 0 Å². The summed E-state index contributed by atoms with van der Waals surface area (Å²) in [5, 5.41) is 6.73. The van der Waals surface area contributed by atoms with Crippen molar-refractivity contribution in [3.05, 3.63) is 24.2 Å². The summed E-state index contributed by atoms with van der Waals surface area (Å²) in [6, 6.07) is 4.35. The third-order valence-electron chi connectivity index (χ3n) is 5.01. The number of nitrogens with zero attached hydrogens (tertiary/aromatic N) is 4. The predicted molar refractivity (Wildman–Crippen MR) is 117 cm³/mol. The number of guanidine groups is 1. The Hall–Kier alpha value is -1.33. The Bertz CT molecular complexity index is 599. The van der Waals surface area contributed by atoms with Gasteiger partial charge in [0.1, 0.15) is 12.3 Å². The molecular weight excluding hydrogens is 459 g/mol. The molecule has 3 saturated heterocycles. The number of carbonyl (C=O) groups excluding carboxylic acids is 1. The molecule has 1 aromatic rings. The molecule has 152 valence electrons. The lowest BCUT2D eigenvalue weighted by molar-refractivity contribution is -0.127. The zero-order valence-electron chi connectivity index (χ0n) is 16.2. The first-order chi connectivity index (χ1) is 12.6. The van der Waals surface area contributed by atoms with Gasteiger partial charge in [-0.1, -0.05) is 0 Å². The average molecular weight is 490 g/mol. The Morgan fingerprint density at radius 3 is 2.67 bits per heavy atom. The second-order valence-corrected chi connectivity index (χ2v) is 7.08. The molecule has 1 amide bonds. The van der Waals surface area contributed by atoms with E-state index in [0.29, 0.717) is 18.5 Å². The fourth-order valence-corrected chi connectivity index (χ4v) is 3.35. The van der Waals surface area contributed by atoms with E-state index in [0.717, 1.165) is 38.4 Å². The van der Waals surface area contributed by atoms with Crippen molar-refractivity contribution < 1.29 is 9.21 Å². The highest BCUT2D eigenvalue weighted by molar-refractivity contribution is 14.0. The zero-order chi connectivity index (χ0) is 18.4. The van der Waals surface area contributed by atoms with E-state index in [-0.39, 0.29) is 36.4 Å². The van der Waals surface area contributed by atoms with Crippen LogP contribution in [0.25, 0.3) is 0 Å². The molecule has 3 fully saturated rings. The highest BCUT2D eigenvalue weighted by Crippen LogP contribution is 2.14. The molecule has 3 aliphatic heterocycles. The van der Waals surface area contributed by atoms with Crippen molar-refractivity contribution >= 4 is 35.8 Å². The number of hydrogen-bond acceptors (Lipinski definition) is 5. The number of hydrogen-bond donors (Lipinski definition) is 2. The quantitative estimate of drug-likeness (QED) is 0.320. The van der Waals surface area contributed by atoms with Crippen LogP contribution in [0.2, 0.25) is 0 Å². The average Bonchev–Trinajstić information content (AvgIpc) is 3.17. The number of nitrogens with one attached hydrogen (secondary N) is 2. The largest absolute Gasteiger partial charge is 0.469 e. The summed E-state index contributed by atoms with van der Waals surface area (Å²) in [5.41, 5.74) is 0. The number of furan rings is 1. The van der Waals surface area contributed by atoms with Crippen molar-refractivity contribution in [1.82, 2.24) is 25.3 Å². The van der Waals surface area contributed by atoms with Crippen molar-refractivity contribution in [2.45, 2.75) is 12.5 Å². The fraction of sp³-hybridized carbons (Fsp3) is 0.667. The van der Waals surface area contributed by atoms with E-state index in [1.54, 1.807) is 25.3 Å². The van der Waals surface area contributed by atoms with Crippen LogP contribution in [0, 0.1) is 0 Å². The SMILES string of the molecule is CN(C)C(=O)CN=C(NCCc1ccco1)NCC1CN2CCN1CC2.I. The normalized spacial score (nSPS) is 24.2. The highest BCUT2D eigenvalue weighted by atomic mass is 127. The van der Waals surface area contributed by atoms with Crippen LogP contribution in [0.15, 0.2) is 27.8 Å². The number of aliphatic imine (C=N–C) groups is 1. The van der Waals surface area contributed by atoms with Gasteiger partial charge >= 0.3 is 0 Å². The lowest BCUT2D eigenvalue weighted by atomic mass is 10.1. The van der Waals surface area contributed by atoms with Crippen LogP contribution in [0.3, 0.4) is 0 Å². The summed E-state index contributed by atoms with van der Waals surface area (Å²) in [6.45, 7) is 7.42. The molecule has 4 rings (SSSR count). The molecule has 0 aliphatic carbocycles. The molecule has 0 spiro atoms. The van der Waals surface area contributed by atoms with Crippen molar-refractivity contribution in [3.63, 3.8) is 0 Å². The predicted octanol–water partition coefficient (Wildman–Crippen LogP) is 0.0633. The molecule has 27 heavy (non-hydrogen) atoms. The van der Waals surface area contributed by atoms with Gasteiger partial charge in [-0.15, -0.1) is 24.0 Å². The standard InChI is InChI=1S/C18H30N6O2.HI/c1-22(2)17(25)13-21-18(19-6-5-16-4-3-11-26-16)20-12-15-14-23-7-9-24(15)10-8-23;/h3-4,11,15H,5-10,12-14H2,1-2H3,(H2,19,20,21);1H. The molecule has 4 heterocycles.